The lowest BCUT2D eigenvalue weighted by molar-refractivity contribution is 0.199. The Morgan fingerprint density at radius 2 is 2.11 bits per heavy atom. The second-order valence-corrected chi connectivity index (χ2v) is 5.51. The molecule has 2 rings (SSSR count). The molecule has 1 aromatic rings. The van der Waals surface area contributed by atoms with Gasteiger partial charge in [0.1, 0.15) is 5.82 Å². The van der Waals surface area contributed by atoms with Crippen LogP contribution in [0.2, 0.25) is 0 Å². The lowest BCUT2D eigenvalue weighted by atomic mass is 9.85. The van der Waals surface area contributed by atoms with Gasteiger partial charge < -0.3 is 10.0 Å². The van der Waals surface area contributed by atoms with Crippen molar-refractivity contribution >= 4 is 5.69 Å². The molecule has 2 nitrogen and oxygen atoms in total. The summed E-state index contributed by atoms with van der Waals surface area (Å²) in [5.74, 6) is 0.508. The average Bonchev–Trinajstić information content (AvgIpc) is 2.26. The summed E-state index contributed by atoms with van der Waals surface area (Å²) in [6, 6.07) is 3.31. The van der Waals surface area contributed by atoms with E-state index < -0.39 is 6.10 Å². The Morgan fingerprint density at radius 1 is 1.44 bits per heavy atom. The molecule has 1 aliphatic carbocycles. The van der Waals surface area contributed by atoms with Gasteiger partial charge in [-0.1, -0.05) is 6.42 Å². The van der Waals surface area contributed by atoms with Crippen LogP contribution in [0.4, 0.5) is 10.1 Å². The first-order valence-electron chi connectivity index (χ1n) is 6.68. The Hall–Kier alpha value is -1.09. The molecule has 3 heteroatoms. The van der Waals surface area contributed by atoms with E-state index >= 15 is 0 Å². The van der Waals surface area contributed by atoms with E-state index in [9.17, 15) is 9.50 Å². The first kappa shape index (κ1) is 13.3. The monoisotopic (exact) mass is 251 g/mol. The summed E-state index contributed by atoms with van der Waals surface area (Å²) in [6.45, 7) is 4.44. The lowest BCUT2D eigenvalue weighted by Gasteiger charge is -2.33. The van der Waals surface area contributed by atoms with E-state index in [-0.39, 0.29) is 5.82 Å². The van der Waals surface area contributed by atoms with Crippen LogP contribution in [-0.2, 0) is 0 Å². The summed E-state index contributed by atoms with van der Waals surface area (Å²) in [5.41, 5.74) is 2.27. The van der Waals surface area contributed by atoms with Gasteiger partial charge >= 0.3 is 0 Å². The summed E-state index contributed by atoms with van der Waals surface area (Å²) in [7, 11) is 2.02. The summed E-state index contributed by atoms with van der Waals surface area (Å²) in [6.07, 6.45) is 3.26. The van der Waals surface area contributed by atoms with Crippen LogP contribution in [0.25, 0.3) is 0 Å². The molecular weight excluding hydrogens is 229 g/mol. The predicted octanol–water partition coefficient (Wildman–Crippen LogP) is 3.42. The second-order valence-electron chi connectivity index (χ2n) is 5.51. The van der Waals surface area contributed by atoms with E-state index in [1.807, 2.05) is 13.1 Å². The molecule has 0 amide bonds. The van der Waals surface area contributed by atoms with Gasteiger partial charge in [-0.05, 0) is 50.3 Å². The number of anilines is 1. The minimum absolute atomic E-state index is 0.244. The Balaban J connectivity index is 2.25. The van der Waals surface area contributed by atoms with E-state index in [1.54, 1.807) is 13.8 Å². The van der Waals surface area contributed by atoms with E-state index in [0.29, 0.717) is 11.1 Å². The molecule has 0 bridgehead atoms. The second kappa shape index (κ2) is 5.27. The van der Waals surface area contributed by atoms with Crippen molar-refractivity contribution in [2.75, 3.05) is 18.5 Å². The standard InChI is InChI=1S/C15H22FNO/c1-10-7-15(13(11(2)18)8-14(10)16)17(3)9-12-5-4-6-12/h7-8,11-12,18H,4-6,9H2,1-3H3. The van der Waals surface area contributed by atoms with Crippen LogP contribution in [0.5, 0.6) is 0 Å². The third kappa shape index (κ3) is 2.66. The number of nitrogens with zero attached hydrogens (tertiary/aromatic N) is 1. The molecule has 1 N–H and O–H groups in total. The van der Waals surface area contributed by atoms with Gasteiger partial charge in [-0.15, -0.1) is 0 Å². The number of halogens is 1. The Labute approximate surface area is 108 Å². The number of aryl methyl sites for hydroxylation is 1. The van der Waals surface area contributed by atoms with Crippen LogP contribution in [0.3, 0.4) is 0 Å². The third-order valence-corrected chi connectivity index (χ3v) is 3.93. The summed E-state index contributed by atoms with van der Waals surface area (Å²) >= 11 is 0. The van der Waals surface area contributed by atoms with Crippen LogP contribution in [0.15, 0.2) is 12.1 Å². The van der Waals surface area contributed by atoms with Crippen LogP contribution in [-0.4, -0.2) is 18.7 Å². The highest BCUT2D eigenvalue weighted by molar-refractivity contribution is 5.56. The van der Waals surface area contributed by atoms with Gasteiger partial charge in [0, 0.05) is 24.8 Å². The molecule has 18 heavy (non-hydrogen) atoms. The molecule has 1 fully saturated rings. The maximum atomic E-state index is 13.6. The lowest BCUT2D eigenvalue weighted by Crippen LogP contribution is -2.30. The Kier molecular flexibility index (Phi) is 3.91. The average molecular weight is 251 g/mol. The van der Waals surface area contributed by atoms with Crippen molar-refractivity contribution in [1.29, 1.82) is 0 Å². The molecule has 0 radical (unpaired) electrons. The molecule has 0 spiro atoms. The van der Waals surface area contributed by atoms with Gasteiger partial charge in [-0.25, -0.2) is 4.39 Å². The molecule has 0 saturated heterocycles. The quantitative estimate of drug-likeness (QED) is 0.886. The normalized spacial score (nSPS) is 17.4. The zero-order chi connectivity index (χ0) is 13.3. The van der Waals surface area contributed by atoms with Gasteiger partial charge in [-0.2, -0.15) is 0 Å². The zero-order valence-electron chi connectivity index (χ0n) is 11.4. The summed E-state index contributed by atoms with van der Waals surface area (Å²) in [5, 5.41) is 9.78. The molecule has 1 saturated carbocycles. The van der Waals surface area contributed by atoms with Crippen molar-refractivity contribution in [3.63, 3.8) is 0 Å². The molecule has 1 atom stereocenters. The fraction of sp³-hybridized carbons (Fsp3) is 0.600. The topological polar surface area (TPSA) is 23.5 Å². The number of aliphatic hydroxyl groups excluding tert-OH is 1. The molecule has 1 aliphatic rings. The number of aliphatic hydroxyl groups is 1. The molecule has 0 aliphatic heterocycles. The minimum atomic E-state index is -0.640. The summed E-state index contributed by atoms with van der Waals surface area (Å²) < 4.78 is 13.6. The molecule has 1 aromatic carbocycles. The number of rotatable bonds is 4. The molecule has 100 valence electrons. The first-order valence-corrected chi connectivity index (χ1v) is 6.68. The van der Waals surface area contributed by atoms with Gasteiger partial charge in [0.2, 0.25) is 0 Å². The highest BCUT2D eigenvalue weighted by Gasteiger charge is 2.21. The molecular formula is C15H22FNO. The smallest absolute Gasteiger partial charge is 0.126 e. The van der Waals surface area contributed by atoms with Crippen LogP contribution >= 0.6 is 0 Å². The molecule has 0 aromatic heterocycles. The zero-order valence-corrected chi connectivity index (χ0v) is 11.4. The number of hydrogen-bond donors (Lipinski definition) is 1. The predicted molar refractivity (Wildman–Crippen MR) is 72.4 cm³/mol. The third-order valence-electron chi connectivity index (χ3n) is 3.93. The van der Waals surface area contributed by atoms with Crippen molar-refractivity contribution in [3.05, 3.63) is 29.1 Å². The largest absolute Gasteiger partial charge is 0.389 e. The Bertz CT molecular complexity index is 427. The van der Waals surface area contributed by atoms with Crippen molar-refractivity contribution in [2.45, 2.75) is 39.2 Å². The van der Waals surface area contributed by atoms with Crippen LogP contribution < -0.4 is 4.90 Å². The van der Waals surface area contributed by atoms with Gasteiger partial charge in [0.05, 0.1) is 6.10 Å². The van der Waals surface area contributed by atoms with E-state index in [1.165, 1.54) is 25.3 Å². The van der Waals surface area contributed by atoms with Gasteiger partial charge in [0.15, 0.2) is 0 Å². The highest BCUT2D eigenvalue weighted by Crippen LogP contribution is 2.32. The number of hydrogen-bond acceptors (Lipinski definition) is 2. The fourth-order valence-corrected chi connectivity index (χ4v) is 2.51. The van der Waals surface area contributed by atoms with Crippen molar-refractivity contribution in [1.82, 2.24) is 0 Å². The van der Waals surface area contributed by atoms with E-state index in [4.69, 9.17) is 0 Å². The summed E-state index contributed by atoms with van der Waals surface area (Å²) in [4.78, 5) is 2.15. The Morgan fingerprint density at radius 3 is 2.61 bits per heavy atom. The molecule has 0 heterocycles. The van der Waals surface area contributed by atoms with Crippen molar-refractivity contribution in [3.8, 4) is 0 Å². The number of benzene rings is 1. The highest BCUT2D eigenvalue weighted by atomic mass is 19.1. The first-order chi connectivity index (χ1) is 8.49. The maximum absolute atomic E-state index is 13.6. The van der Waals surface area contributed by atoms with Gasteiger partial charge in [0.25, 0.3) is 0 Å². The van der Waals surface area contributed by atoms with E-state index in [0.717, 1.165) is 18.2 Å². The fourth-order valence-electron chi connectivity index (χ4n) is 2.51. The van der Waals surface area contributed by atoms with Crippen LogP contribution in [0, 0.1) is 18.7 Å². The van der Waals surface area contributed by atoms with Crippen molar-refractivity contribution < 1.29 is 9.50 Å². The van der Waals surface area contributed by atoms with Crippen molar-refractivity contribution in [2.24, 2.45) is 5.92 Å². The van der Waals surface area contributed by atoms with E-state index in [2.05, 4.69) is 4.90 Å². The van der Waals surface area contributed by atoms with Gasteiger partial charge in [-0.3, -0.25) is 0 Å². The van der Waals surface area contributed by atoms with Crippen LogP contribution in [0.1, 0.15) is 43.4 Å². The SMILES string of the molecule is Cc1cc(N(C)CC2CCC2)c(C(C)O)cc1F. The molecule has 1 unspecified atom stereocenters. The maximum Gasteiger partial charge on any atom is 0.126 e. The minimum Gasteiger partial charge on any atom is -0.389 e.